The first kappa shape index (κ1) is 19.1. The van der Waals surface area contributed by atoms with Crippen LogP contribution in [0.15, 0.2) is 48.5 Å². The first-order valence-corrected chi connectivity index (χ1v) is 8.06. The molecule has 0 atom stereocenters. The average molecular weight is 357 g/mol. The van der Waals surface area contributed by atoms with E-state index in [-0.39, 0.29) is 30.5 Å². The maximum atomic E-state index is 13.2. The van der Waals surface area contributed by atoms with Gasteiger partial charge in [-0.3, -0.25) is 14.4 Å². The molecule has 2 N–H and O–H groups in total. The van der Waals surface area contributed by atoms with E-state index in [0.717, 1.165) is 6.07 Å². The SMILES string of the molecule is CC(=O)Nc1cccc(N(CCNC(=O)c2cccc(F)c2)C(C)=O)c1. The predicted molar refractivity (Wildman–Crippen MR) is 97.5 cm³/mol. The maximum absolute atomic E-state index is 13.2. The van der Waals surface area contributed by atoms with Crippen LogP contribution in [-0.4, -0.2) is 30.8 Å². The molecule has 0 unspecified atom stereocenters. The Morgan fingerprint density at radius 3 is 2.42 bits per heavy atom. The largest absolute Gasteiger partial charge is 0.350 e. The minimum atomic E-state index is -0.488. The fourth-order valence-electron chi connectivity index (χ4n) is 2.44. The van der Waals surface area contributed by atoms with Crippen LogP contribution in [0.4, 0.5) is 15.8 Å². The van der Waals surface area contributed by atoms with E-state index in [9.17, 15) is 18.8 Å². The van der Waals surface area contributed by atoms with Gasteiger partial charge in [0.2, 0.25) is 11.8 Å². The lowest BCUT2D eigenvalue weighted by Crippen LogP contribution is -2.37. The normalized spacial score (nSPS) is 10.1. The van der Waals surface area contributed by atoms with E-state index in [1.165, 1.54) is 36.9 Å². The molecule has 0 aliphatic carbocycles. The number of nitrogens with zero attached hydrogens (tertiary/aromatic N) is 1. The molecule has 0 spiro atoms. The molecule has 0 bridgehead atoms. The molecule has 0 radical (unpaired) electrons. The first-order chi connectivity index (χ1) is 12.4. The Morgan fingerprint density at radius 2 is 1.77 bits per heavy atom. The molecule has 0 saturated carbocycles. The minimum absolute atomic E-state index is 0.194. The molecule has 0 aliphatic heterocycles. The Kier molecular flexibility index (Phi) is 6.43. The summed E-state index contributed by atoms with van der Waals surface area (Å²) in [6.07, 6.45) is 0. The van der Waals surface area contributed by atoms with Gasteiger partial charge >= 0.3 is 0 Å². The molecule has 26 heavy (non-hydrogen) atoms. The summed E-state index contributed by atoms with van der Waals surface area (Å²) in [5.74, 6) is -1.32. The van der Waals surface area contributed by atoms with Gasteiger partial charge in [0.25, 0.3) is 5.91 Å². The summed E-state index contributed by atoms with van der Waals surface area (Å²) < 4.78 is 13.2. The second kappa shape index (κ2) is 8.75. The molecule has 136 valence electrons. The molecule has 2 rings (SSSR count). The van der Waals surface area contributed by atoms with Crippen LogP contribution in [0.5, 0.6) is 0 Å². The smallest absolute Gasteiger partial charge is 0.251 e. The van der Waals surface area contributed by atoms with E-state index < -0.39 is 11.7 Å². The van der Waals surface area contributed by atoms with Crippen LogP contribution < -0.4 is 15.5 Å². The zero-order valence-electron chi connectivity index (χ0n) is 14.6. The van der Waals surface area contributed by atoms with Gasteiger partial charge in [-0.15, -0.1) is 0 Å². The lowest BCUT2D eigenvalue weighted by atomic mass is 10.2. The summed E-state index contributed by atoms with van der Waals surface area (Å²) in [7, 11) is 0. The Labute approximate surface area is 151 Å². The van der Waals surface area contributed by atoms with Gasteiger partial charge in [-0.25, -0.2) is 4.39 Å². The van der Waals surface area contributed by atoms with Gasteiger partial charge in [-0.1, -0.05) is 12.1 Å². The van der Waals surface area contributed by atoms with E-state index in [4.69, 9.17) is 0 Å². The number of carbonyl (C=O) groups excluding carboxylic acids is 3. The van der Waals surface area contributed by atoms with Crippen LogP contribution in [0.25, 0.3) is 0 Å². The van der Waals surface area contributed by atoms with E-state index in [0.29, 0.717) is 11.4 Å². The molecule has 0 aliphatic rings. The highest BCUT2D eigenvalue weighted by molar-refractivity contribution is 5.95. The van der Waals surface area contributed by atoms with Crippen molar-refractivity contribution >= 4 is 29.1 Å². The van der Waals surface area contributed by atoms with Gasteiger partial charge in [0, 0.05) is 43.9 Å². The lowest BCUT2D eigenvalue weighted by molar-refractivity contribution is -0.116. The average Bonchev–Trinajstić information content (AvgIpc) is 2.57. The third-order valence-electron chi connectivity index (χ3n) is 3.57. The van der Waals surface area contributed by atoms with Crippen molar-refractivity contribution in [3.63, 3.8) is 0 Å². The van der Waals surface area contributed by atoms with Crippen LogP contribution in [0, 0.1) is 5.82 Å². The topological polar surface area (TPSA) is 78.5 Å². The summed E-state index contributed by atoms with van der Waals surface area (Å²) in [6, 6.07) is 12.2. The quantitative estimate of drug-likeness (QED) is 0.834. The monoisotopic (exact) mass is 357 g/mol. The Bertz CT molecular complexity index is 823. The van der Waals surface area contributed by atoms with Crippen molar-refractivity contribution in [1.29, 1.82) is 0 Å². The predicted octanol–water partition coefficient (Wildman–Crippen LogP) is 2.57. The molecule has 0 heterocycles. The summed E-state index contributed by atoms with van der Waals surface area (Å²) in [5, 5.41) is 5.32. The second-order valence-electron chi connectivity index (χ2n) is 5.67. The number of benzene rings is 2. The number of anilines is 2. The lowest BCUT2D eigenvalue weighted by Gasteiger charge is -2.22. The third-order valence-corrected chi connectivity index (χ3v) is 3.57. The highest BCUT2D eigenvalue weighted by Gasteiger charge is 2.13. The van der Waals surface area contributed by atoms with E-state index in [2.05, 4.69) is 10.6 Å². The number of halogens is 1. The van der Waals surface area contributed by atoms with Gasteiger partial charge in [-0.2, -0.15) is 0 Å². The van der Waals surface area contributed by atoms with Crippen molar-refractivity contribution in [2.75, 3.05) is 23.3 Å². The molecule has 6 nitrogen and oxygen atoms in total. The molecule has 2 aromatic carbocycles. The van der Waals surface area contributed by atoms with Crippen molar-refractivity contribution < 1.29 is 18.8 Å². The molecule has 0 aromatic heterocycles. The summed E-state index contributed by atoms with van der Waals surface area (Å²) in [5.41, 5.74) is 1.39. The van der Waals surface area contributed by atoms with Crippen molar-refractivity contribution in [3.05, 3.63) is 59.9 Å². The zero-order chi connectivity index (χ0) is 19.1. The van der Waals surface area contributed by atoms with Crippen molar-refractivity contribution in [1.82, 2.24) is 5.32 Å². The fraction of sp³-hybridized carbons (Fsp3) is 0.211. The van der Waals surface area contributed by atoms with E-state index in [1.807, 2.05) is 0 Å². The maximum Gasteiger partial charge on any atom is 0.251 e. The van der Waals surface area contributed by atoms with Crippen LogP contribution in [0.3, 0.4) is 0 Å². The Hall–Kier alpha value is -3.22. The number of rotatable bonds is 6. The Morgan fingerprint density at radius 1 is 1.04 bits per heavy atom. The number of nitrogens with one attached hydrogen (secondary N) is 2. The number of hydrogen-bond acceptors (Lipinski definition) is 3. The van der Waals surface area contributed by atoms with Crippen molar-refractivity contribution in [2.24, 2.45) is 0 Å². The highest BCUT2D eigenvalue weighted by Crippen LogP contribution is 2.19. The summed E-state index contributed by atoms with van der Waals surface area (Å²) in [6.45, 7) is 3.25. The minimum Gasteiger partial charge on any atom is -0.350 e. The third kappa shape index (κ3) is 5.41. The molecular formula is C19H20FN3O3. The van der Waals surface area contributed by atoms with E-state index in [1.54, 1.807) is 24.3 Å². The van der Waals surface area contributed by atoms with Gasteiger partial charge < -0.3 is 15.5 Å². The van der Waals surface area contributed by atoms with Crippen LogP contribution in [0.1, 0.15) is 24.2 Å². The summed E-state index contributed by atoms with van der Waals surface area (Å²) in [4.78, 5) is 36.6. The standard InChI is InChI=1S/C19H20FN3O3/c1-13(24)22-17-7-4-8-18(12-17)23(14(2)25)10-9-21-19(26)15-5-3-6-16(20)11-15/h3-8,11-12H,9-10H2,1-2H3,(H,21,26)(H,22,24). The molecule has 0 saturated heterocycles. The van der Waals surface area contributed by atoms with Gasteiger partial charge in [0.15, 0.2) is 0 Å². The molecule has 3 amide bonds. The van der Waals surface area contributed by atoms with Crippen LogP contribution in [-0.2, 0) is 9.59 Å². The second-order valence-corrected chi connectivity index (χ2v) is 5.67. The highest BCUT2D eigenvalue weighted by atomic mass is 19.1. The van der Waals surface area contributed by atoms with Crippen molar-refractivity contribution in [2.45, 2.75) is 13.8 Å². The Balaban J connectivity index is 2.01. The van der Waals surface area contributed by atoms with Gasteiger partial charge in [0.1, 0.15) is 5.82 Å². The van der Waals surface area contributed by atoms with Gasteiger partial charge in [0.05, 0.1) is 0 Å². The number of hydrogen-bond donors (Lipinski definition) is 2. The van der Waals surface area contributed by atoms with Gasteiger partial charge in [-0.05, 0) is 36.4 Å². The van der Waals surface area contributed by atoms with Crippen LogP contribution in [0.2, 0.25) is 0 Å². The molecule has 7 heteroatoms. The molecule has 2 aromatic rings. The first-order valence-electron chi connectivity index (χ1n) is 8.06. The van der Waals surface area contributed by atoms with E-state index >= 15 is 0 Å². The van der Waals surface area contributed by atoms with Crippen molar-refractivity contribution in [3.8, 4) is 0 Å². The molecule has 0 fully saturated rings. The number of carbonyl (C=O) groups is 3. The summed E-state index contributed by atoms with van der Waals surface area (Å²) >= 11 is 0. The number of amides is 3. The fourth-order valence-corrected chi connectivity index (χ4v) is 2.44. The zero-order valence-corrected chi connectivity index (χ0v) is 14.6. The molecular weight excluding hydrogens is 337 g/mol. The van der Waals surface area contributed by atoms with Crippen LogP contribution >= 0.6 is 0 Å².